The van der Waals surface area contributed by atoms with Gasteiger partial charge in [0.25, 0.3) is 0 Å². The zero-order valence-corrected chi connectivity index (χ0v) is 16.3. The number of aromatic hydroxyl groups is 1. The monoisotopic (exact) mass is 398 g/mol. The SMILES string of the molecule is CCN(CC)C(=O)[C@H]1CCCN(Cc2cc(Br)c(O)c(OC)c2)C1. The lowest BCUT2D eigenvalue weighted by atomic mass is 9.96. The van der Waals surface area contributed by atoms with E-state index in [1.165, 1.54) is 0 Å². The van der Waals surface area contributed by atoms with Gasteiger partial charge in [-0.1, -0.05) is 0 Å². The highest BCUT2D eigenvalue weighted by molar-refractivity contribution is 9.10. The summed E-state index contributed by atoms with van der Waals surface area (Å²) in [7, 11) is 1.55. The van der Waals surface area contributed by atoms with Crippen LogP contribution in [-0.4, -0.2) is 54.1 Å². The molecule has 1 atom stereocenters. The molecular formula is C18H27BrN2O3. The summed E-state index contributed by atoms with van der Waals surface area (Å²) in [5.41, 5.74) is 1.06. The maximum Gasteiger partial charge on any atom is 0.226 e. The summed E-state index contributed by atoms with van der Waals surface area (Å²) in [6, 6.07) is 3.77. The van der Waals surface area contributed by atoms with E-state index in [2.05, 4.69) is 20.8 Å². The molecular weight excluding hydrogens is 372 g/mol. The summed E-state index contributed by atoms with van der Waals surface area (Å²) in [5.74, 6) is 0.942. The van der Waals surface area contributed by atoms with Gasteiger partial charge in [0, 0.05) is 26.2 Å². The number of nitrogens with zero attached hydrogens (tertiary/aromatic N) is 2. The molecule has 1 aromatic rings. The first-order valence-electron chi connectivity index (χ1n) is 8.56. The summed E-state index contributed by atoms with van der Waals surface area (Å²) in [4.78, 5) is 16.8. The van der Waals surface area contributed by atoms with Crippen LogP contribution in [0.15, 0.2) is 16.6 Å². The van der Waals surface area contributed by atoms with Gasteiger partial charge < -0.3 is 14.7 Å². The van der Waals surface area contributed by atoms with E-state index in [9.17, 15) is 9.90 Å². The van der Waals surface area contributed by atoms with E-state index in [-0.39, 0.29) is 17.6 Å². The van der Waals surface area contributed by atoms with Gasteiger partial charge in [-0.15, -0.1) is 0 Å². The Labute approximate surface area is 152 Å². The maximum absolute atomic E-state index is 12.6. The van der Waals surface area contributed by atoms with Crippen LogP contribution in [0.3, 0.4) is 0 Å². The Morgan fingerprint density at radius 3 is 2.75 bits per heavy atom. The summed E-state index contributed by atoms with van der Waals surface area (Å²) in [5, 5.41) is 9.92. The average Bonchev–Trinajstić information content (AvgIpc) is 2.59. The smallest absolute Gasteiger partial charge is 0.226 e. The number of hydrogen-bond donors (Lipinski definition) is 1. The van der Waals surface area contributed by atoms with E-state index in [1.807, 2.05) is 30.9 Å². The van der Waals surface area contributed by atoms with E-state index in [1.54, 1.807) is 7.11 Å². The molecule has 1 aliphatic heterocycles. The van der Waals surface area contributed by atoms with Crippen LogP contribution in [0.1, 0.15) is 32.3 Å². The molecule has 0 radical (unpaired) electrons. The van der Waals surface area contributed by atoms with Gasteiger partial charge in [0.1, 0.15) is 0 Å². The van der Waals surface area contributed by atoms with E-state index in [4.69, 9.17) is 4.74 Å². The zero-order valence-electron chi connectivity index (χ0n) is 14.7. The number of carbonyl (C=O) groups is 1. The summed E-state index contributed by atoms with van der Waals surface area (Å²) in [6.07, 6.45) is 2.00. The third-order valence-electron chi connectivity index (χ3n) is 4.64. The Bertz CT molecular complexity index is 576. The zero-order chi connectivity index (χ0) is 17.7. The van der Waals surface area contributed by atoms with Gasteiger partial charge in [0.05, 0.1) is 17.5 Å². The average molecular weight is 399 g/mol. The van der Waals surface area contributed by atoms with Gasteiger partial charge in [0.15, 0.2) is 11.5 Å². The number of phenols is 1. The first-order chi connectivity index (χ1) is 11.5. The number of halogens is 1. The van der Waals surface area contributed by atoms with Gasteiger partial charge in [-0.25, -0.2) is 0 Å². The molecule has 1 heterocycles. The second-order valence-corrected chi connectivity index (χ2v) is 7.07. The van der Waals surface area contributed by atoms with Crippen LogP contribution in [0.4, 0.5) is 0 Å². The van der Waals surface area contributed by atoms with Crippen molar-refractivity contribution < 1.29 is 14.6 Å². The fraction of sp³-hybridized carbons (Fsp3) is 0.611. The second-order valence-electron chi connectivity index (χ2n) is 6.21. The van der Waals surface area contributed by atoms with Gasteiger partial charge >= 0.3 is 0 Å². The van der Waals surface area contributed by atoms with E-state index >= 15 is 0 Å². The third-order valence-corrected chi connectivity index (χ3v) is 5.25. The number of likely N-dealkylation sites (tertiary alicyclic amines) is 1. The largest absolute Gasteiger partial charge is 0.503 e. The molecule has 2 rings (SSSR count). The number of methoxy groups -OCH3 is 1. The van der Waals surface area contributed by atoms with Crippen LogP contribution < -0.4 is 4.74 Å². The Hall–Kier alpha value is -1.27. The van der Waals surface area contributed by atoms with Crippen LogP contribution >= 0.6 is 15.9 Å². The number of hydrogen-bond acceptors (Lipinski definition) is 4. The van der Waals surface area contributed by atoms with E-state index in [0.717, 1.165) is 51.1 Å². The number of piperidine rings is 1. The summed E-state index contributed by atoms with van der Waals surface area (Å²) >= 11 is 3.37. The predicted octanol–water partition coefficient (Wildman–Crippen LogP) is 3.24. The summed E-state index contributed by atoms with van der Waals surface area (Å²) in [6.45, 7) is 8.13. The minimum Gasteiger partial charge on any atom is -0.503 e. The van der Waals surface area contributed by atoms with Crippen LogP contribution in [0.25, 0.3) is 0 Å². The van der Waals surface area contributed by atoms with Crippen molar-refractivity contribution in [3.05, 3.63) is 22.2 Å². The highest BCUT2D eigenvalue weighted by atomic mass is 79.9. The number of rotatable bonds is 6. The highest BCUT2D eigenvalue weighted by Gasteiger charge is 2.28. The molecule has 0 bridgehead atoms. The van der Waals surface area contributed by atoms with Crippen LogP contribution in [0.2, 0.25) is 0 Å². The van der Waals surface area contributed by atoms with Crippen molar-refractivity contribution in [3.63, 3.8) is 0 Å². The molecule has 0 saturated carbocycles. The van der Waals surface area contributed by atoms with Crippen molar-refractivity contribution in [1.29, 1.82) is 0 Å². The predicted molar refractivity (Wildman–Crippen MR) is 98.3 cm³/mol. The Morgan fingerprint density at radius 1 is 1.42 bits per heavy atom. The molecule has 0 aliphatic carbocycles. The lowest BCUT2D eigenvalue weighted by Crippen LogP contribution is -2.44. The molecule has 1 fully saturated rings. The van der Waals surface area contributed by atoms with Crippen molar-refractivity contribution in [2.45, 2.75) is 33.2 Å². The first-order valence-corrected chi connectivity index (χ1v) is 9.35. The number of carbonyl (C=O) groups excluding carboxylic acids is 1. The molecule has 1 aliphatic rings. The second kappa shape index (κ2) is 8.72. The normalized spacial score (nSPS) is 18.4. The molecule has 134 valence electrons. The molecule has 0 spiro atoms. The fourth-order valence-electron chi connectivity index (χ4n) is 3.33. The molecule has 6 heteroatoms. The molecule has 5 nitrogen and oxygen atoms in total. The lowest BCUT2D eigenvalue weighted by Gasteiger charge is -2.34. The number of benzene rings is 1. The third kappa shape index (κ3) is 4.42. The molecule has 24 heavy (non-hydrogen) atoms. The summed E-state index contributed by atoms with van der Waals surface area (Å²) < 4.78 is 5.85. The van der Waals surface area contributed by atoms with Crippen LogP contribution in [0, 0.1) is 5.92 Å². The van der Waals surface area contributed by atoms with Gasteiger partial charge in [-0.05, 0) is 66.9 Å². The van der Waals surface area contributed by atoms with Crippen LogP contribution in [0.5, 0.6) is 11.5 Å². The lowest BCUT2D eigenvalue weighted by molar-refractivity contribution is -0.137. The number of amides is 1. The quantitative estimate of drug-likeness (QED) is 0.798. The van der Waals surface area contributed by atoms with Crippen molar-refractivity contribution >= 4 is 21.8 Å². The minimum absolute atomic E-state index is 0.0844. The number of ether oxygens (including phenoxy) is 1. The van der Waals surface area contributed by atoms with Gasteiger partial charge in [0.2, 0.25) is 5.91 Å². The molecule has 1 amide bonds. The van der Waals surface area contributed by atoms with Crippen molar-refractivity contribution in [3.8, 4) is 11.5 Å². The minimum atomic E-state index is 0.0844. The maximum atomic E-state index is 12.6. The van der Waals surface area contributed by atoms with Crippen molar-refractivity contribution in [1.82, 2.24) is 9.80 Å². The van der Waals surface area contributed by atoms with Gasteiger partial charge in [-0.3, -0.25) is 9.69 Å². The Kier molecular flexibility index (Phi) is 6.92. The highest BCUT2D eigenvalue weighted by Crippen LogP contribution is 2.35. The first kappa shape index (κ1) is 19.1. The van der Waals surface area contributed by atoms with Crippen molar-refractivity contribution in [2.24, 2.45) is 5.92 Å². The molecule has 1 saturated heterocycles. The Balaban J connectivity index is 2.05. The molecule has 1 N–H and O–H groups in total. The van der Waals surface area contributed by atoms with E-state index < -0.39 is 0 Å². The molecule has 0 aromatic heterocycles. The standard InChI is InChI=1S/C18H27BrN2O3/c1-4-21(5-2)18(23)14-7-6-8-20(12-14)11-13-9-15(19)17(22)16(10-13)24-3/h9-10,14,22H,4-8,11-12H2,1-3H3/t14-/m0/s1. The Morgan fingerprint density at radius 2 is 2.12 bits per heavy atom. The number of phenolic OH excluding ortho intramolecular Hbond substituents is 1. The van der Waals surface area contributed by atoms with Gasteiger partial charge in [-0.2, -0.15) is 0 Å². The molecule has 0 unspecified atom stereocenters. The van der Waals surface area contributed by atoms with Crippen LogP contribution in [-0.2, 0) is 11.3 Å². The van der Waals surface area contributed by atoms with E-state index in [0.29, 0.717) is 10.2 Å². The molecule has 1 aromatic carbocycles. The fourth-order valence-corrected chi connectivity index (χ4v) is 3.82. The topological polar surface area (TPSA) is 53.0 Å². The van der Waals surface area contributed by atoms with Crippen molar-refractivity contribution in [2.75, 3.05) is 33.3 Å².